The van der Waals surface area contributed by atoms with Crippen molar-refractivity contribution in [1.29, 1.82) is 5.26 Å². The standard InChI is InChI=1S/C10H11ClN2OS/c1-7(11)10(14)13(2)5-9-3-8(4-12)6-15-9/h3,6-7H,5H2,1-2H3. The minimum absolute atomic E-state index is 0.108. The average Bonchev–Trinajstić information content (AvgIpc) is 2.64. The number of nitriles is 1. The zero-order chi connectivity index (χ0) is 11.4. The van der Waals surface area contributed by atoms with E-state index in [2.05, 4.69) is 6.07 Å². The van der Waals surface area contributed by atoms with Gasteiger partial charge in [0.1, 0.15) is 11.4 Å². The van der Waals surface area contributed by atoms with Gasteiger partial charge in [0.25, 0.3) is 0 Å². The molecule has 3 nitrogen and oxygen atoms in total. The Bertz CT molecular complexity index is 394. The van der Waals surface area contributed by atoms with Crippen LogP contribution < -0.4 is 0 Å². The molecule has 0 aliphatic rings. The lowest BCUT2D eigenvalue weighted by Crippen LogP contribution is -2.31. The van der Waals surface area contributed by atoms with Gasteiger partial charge in [0, 0.05) is 17.3 Å². The molecule has 0 fully saturated rings. The van der Waals surface area contributed by atoms with Crippen LogP contribution >= 0.6 is 22.9 Å². The number of carbonyl (C=O) groups excluding carboxylic acids is 1. The van der Waals surface area contributed by atoms with Gasteiger partial charge in [-0.15, -0.1) is 22.9 Å². The van der Waals surface area contributed by atoms with Gasteiger partial charge >= 0.3 is 0 Å². The molecule has 0 aromatic carbocycles. The number of hydrogen-bond donors (Lipinski definition) is 0. The highest BCUT2D eigenvalue weighted by Gasteiger charge is 2.15. The third kappa shape index (κ3) is 3.22. The first-order valence-electron chi connectivity index (χ1n) is 4.41. The summed E-state index contributed by atoms with van der Waals surface area (Å²) in [5, 5.41) is 9.90. The van der Waals surface area contributed by atoms with Gasteiger partial charge in [0.15, 0.2) is 0 Å². The topological polar surface area (TPSA) is 44.1 Å². The highest BCUT2D eigenvalue weighted by Crippen LogP contribution is 2.16. The molecule has 0 saturated heterocycles. The zero-order valence-electron chi connectivity index (χ0n) is 8.53. The fourth-order valence-electron chi connectivity index (χ4n) is 1.14. The first-order valence-corrected chi connectivity index (χ1v) is 5.72. The monoisotopic (exact) mass is 242 g/mol. The average molecular weight is 243 g/mol. The molecule has 0 saturated carbocycles. The molecule has 0 spiro atoms. The Hall–Kier alpha value is -1.05. The van der Waals surface area contributed by atoms with E-state index in [1.54, 1.807) is 30.3 Å². The maximum Gasteiger partial charge on any atom is 0.240 e. The Labute approximate surface area is 97.9 Å². The number of carbonyl (C=O) groups is 1. The van der Waals surface area contributed by atoms with Crippen molar-refractivity contribution >= 4 is 28.8 Å². The number of hydrogen-bond acceptors (Lipinski definition) is 3. The van der Waals surface area contributed by atoms with Gasteiger partial charge in [-0.25, -0.2) is 0 Å². The van der Waals surface area contributed by atoms with Gasteiger partial charge in [-0.2, -0.15) is 5.26 Å². The Balaban J connectivity index is 2.63. The highest BCUT2D eigenvalue weighted by atomic mass is 35.5. The maximum absolute atomic E-state index is 11.5. The van der Waals surface area contributed by atoms with Gasteiger partial charge in [-0.3, -0.25) is 4.79 Å². The summed E-state index contributed by atoms with van der Waals surface area (Å²) in [5.74, 6) is -0.108. The summed E-state index contributed by atoms with van der Waals surface area (Å²) in [6.45, 7) is 2.15. The number of halogens is 1. The van der Waals surface area contributed by atoms with Crippen LogP contribution in [-0.2, 0) is 11.3 Å². The molecule has 1 aromatic rings. The van der Waals surface area contributed by atoms with Gasteiger partial charge in [-0.05, 0) is 13.0 Å². The van der Waals surface area contributed by atoms with Crippen LogP contribution in [0.25, 0.3) is 0 Å². The molecule has 1 atom stereocenters. The maximum atomic E-state index is 11.5. The van der Waals surface area contributed by atoms with E-state index >= 15 is 0 Å². The van der Waals surface area contributed by atoms with E-state index in [-0.39, 0.29) is 5.91 Å². The lowest BCUT2D eigenvalue weighted by molar-refractivity contribution is -0.129. The number of thiophene rings is 1. The Morgan fingerprint density at radius 3 is 2.93 bits per heavy atom. The molecular formula is C10H11ClN2OS. The van der Waals surface area contributed by atoms with Gasteiger partial charge in [-0.1, -0.05) is 0 Å². The Morgan fingerprint density at radius 2 is 2.47 bits per heavy atom. The van der Waals surface area contributed by atoms with E-state index in [9.17, 15) is 4.79 Å². The van der Waals surface area contributed by atoms with Crippen LogP contribution in [0.4, 0.5) is 0 Å². The first-order chi connectivity index (χ1) is 7.04. The van der Waals surface area contributed by atoms with Crippen LogP contribution in [0.1, 0.15) is 17.4 Å². The second-order valence-electron chi connectivity index (χ2n) is 3.22. The van der Waals surface area contributed by atoms with Crippen molar-refractivity contribution in [2.24, 2.45) is 0 Å². The van der Waals surface area contributed by atoms with Crippen LogP contribution in [0.2, 0.25) is 0 Å². The normalized spacial score (nSPS) is 11.9. The number of rotatable bonds is 3. The molecule has 0 bridgehead atoms. The molecule has 0 N–H and O–H groups in total. The van der Waals surface area contributed by atoms with E-state index in [0.29, 0.717) is 12.1 Å². The van der Waals surface area contributed by atoms with Crippen LogP contribution in [0, 0.1) is 11.3 Å². The molecule has 0 radical (unpaired) electrons. The fourth-order valence-corrected chi connectivity index (χ4v) is 2.17. The van der Waals surface area contributed by atoms with E-state index in [4.69, 9.17) is 16.9 Å². The van der Waals surface area contributed by atoms with Crippen LogP contribution in [0.15, 0.2) is 11.4 Å². The predicted molar refractivity (Wildman–Crippen MR) is 60.8 cm³/mol. The summed E-state index contributed by atoms with van der Waals surface area (Å²) in [4.78, 5) is 14.0. The predicted octanol–water partition coefficient (Wildman–Crippen LogP) is 2.21. The van der Waals surface area contributed by atoms with Crippen molar-refractivity contribution in [2.45, 2.75) is 18.8 Å². The van der Waals surface area contributed by atoms with Crippen molar-refractivity contribution in [2.75, 3.05) is 7.05 Å². The molecule has 1 aromatic heterocycles. The summed E-state index contributed by atoms with van der Waals surface area (Å²) >= 11 is 7.15. The molecule has 15 heavy (non-hydrogen) atoms. The van der Waals surface area contributed by atoms with Gasteiger partial charge in [0.2, 0.25) is 5.91 Å². The SMILES string of the molecule is CC(Cl)C(=O)N(C)Cc1cc(C#N)cs1. The fraction of sp³-hybridized carbons (Fsp3) is 0.400. The molecule has 0 aliphatic heterocycles. The van der Waals surface area contributed by atoms with E-state index in [0.717, 1.165) is 4.88 Å². The quantitative estimate of drug-likeness (QED) is 0.763. The Morgan fingerprint density at radius 1 is 1.80 bits per heavy atom. The Kier molecular flexibility index (Phi) is 4.13. The number of alkyl halides is 1. The van der Waals surface area contributed by atoms with Gasteiger partial charge in [0.05, 0.1) is 12.1 Å². The van der Waals surface area contributed by atoms with Crippen molar-refractivity contribution < 1.29 is 4.79 Å². The third-order valence-electron chi connectivity index (χ3n) is 1.89. The van der Waals surface area contributed by atoms with Crippen LogP contribution in [0.5, 0.6) is 0 Å². The van der Waals surface area contributed by atoms with Gasteiger partial charge < -0.3 is 4.90 Å². The molecule has 5 heteroatoms. The van der Waals surface area contributed by atoms with Crippen LogP contribution in [0.3, 0.4) is 0 Å². The number of amides is 1. The summed E-state index contributed by atoms with van der Waals surface area (Å²) in [7, 11) is 1.70. The van der Waals surface area contributed by atoms with E-state index in [1.165, 1.54) is 11.3 Å². The molecular weight excluding hydrogens is 232 g/mol. The smallest absolute Gasteiger partial charge is 0.240 e. The molecule has 1 amide bonds. The second-order valence-corrected chi connectivity index (χ2v) is 4.87. The minimum atomic E-state index is -0.509. The van der Waals surface area contributed by atoms with E-state index in [1.807, 2.05) is 0 Å². The first kappa shape index (κ1) is 12.0. The molecule has 1 unspecified atom stereocenters. The van der Waals surface area contributed by atoms with Crippen molar-refractivity contribution in [3.05, 3.63) is 21.9 Å². The van der Waals surface area contributed by atoms with Crippen molar-refractivity contribution in [1.82, 2.24) is 4.90 Å². The summed E-state index contributed by atoms with van der Waals surface area (Å²) in [6.07, 6.45) is 0. The number of nitrogens with zero attached hydrogens (tertiary/aromatic N) is 2. The van der Waals surface area contributed by atoms with Crippen molar-refractivity contribution in [3.8, 4) is 6.07 Å². The largest absolute Gasteiger partial charge is 0.339 e. The molecule has 1 heterocycles. The molecule has 80 valence electrons. The molecule has 1 rings (SSSR count). The van der Waals surface area contributed by atoms with Crippen molar-refractivity contribution in [3.63, 3.8) is 0 Å². The lowest BCUT2D eigenvalue weighted by Gasteiger charge is -2.17. The summed E-state index contributed by atoms with van der Waals surface area (Å²) in [5.41, 5.74) is 0.634. The zero-order valence-corrected chi connectivity index (χ0v) is 10.1. The van der Waals surface area contributed by atoms with Crippen LogP contribution in [-0.4, -0.2) is 23.2 Å². The van der Waals surface area contributed by atoms with E-state index < -0.39 is 5.38 Å². The second kappa shape index (κ2) is 5.15. The highest BCUT2D eigenvalue weighted by molar-refractivity contribution is 7.10. The third-order valence-corrected chi connectivity index (χ3v) is 3.00. The minimum Gasteiger partial charge on any atom is -0.339 e. The summed E-state index contributed by atoms with van der Waals surface area (Å²) < 4.78 is 0. The molecule has 0 aliphatic carbocycles. The lowest BCUT2D eigenvalue weighted by atomic mass is 10.3. The summed E-state index contributed by atoms with van der Waals surface area (Å²) in [6, 6.07) is 3.84.